The molecule has 0 aromatic carbocycles. The zero-order chi connectivity index (χ0) is 13.0. The molecule has 18 heavy (non-hydrogen) atoms. The summed E-state index contributed by atoms with van der Waals surface area (Å²) in [6.07, 6.45) is 4.86. The van der Waals surface area contributed by atoms with E-state index < -0.39 is 0 Å². The quantitative estimate of drug-likeness (QED) is 0.871. The molecule has 2 aromatic heterocycles. The summed E-state index contributed by atoms with van der Waals surface area (Å²) in [6, 6.07) is 4.09. The van der Waals surface area contributed by atoms with Crippen LogP contribution in [-0.2, 0) is 6.42 Å². The molecule has 0 aliphatic carbocycles. The summed E-state index contributed by atoms with van der Waals surface area (Å²) in [6.45, 7) is 3.89. The average Bonchev–Trinajstić information content (AvgIpc) is 2.98. The van der Waals surface area contributed by atoms with Crippen LogP contribution in [-0.4, -0.2) is 20.6 Å². The lowest BCUT2D eigenvalue weighted by molar-refractivity contribution is 0.881. The van der Waals surface area contributed by atoms with Crippen molar-refractivity contribution >= 4 is 22.9 Å². The Bertz CT molecular complexity index is 565. The number of halogens is 1. The lowest BCUT2D eigenvalue weighted by atomic mass is 10.1. The number of nitrogens with one attached hydrogen (secondary N) is 1. The van der Waals surface area contributed by atoms with Gasteiger partial charge in [-0.05, 0) is 42.0 Å². The zero-order valence-corrected chi connectivity index (χ0v) is 11.7. The number of aromatic nitrogens is 4. The van der Waals surface area contributed by atoms with Crippen LogP contribution < -0.4 is 0 Å². The highest BCUT2D eigenvalue weighted by Gasteiger charge is 2.07. The fourth-order valence-electron chi connectivity index (χ4n) is 1.55. The van der Waals surface area contributed by atoms with Crippen LogP contribution in [0.15, 0.2) is 34.9 Å². The van der Waals surface area contributed by atoms with Crippen LogP contribution in [0.3, 0.4) is 0 Å². The average molecular weight is 281 g/mol. The van der Waals surface area contributed by atoms with Crippen molar-refractivity contribution in [2.24, 2.45) is 0 Å². The Morgan fingerprint density at radius 1 is 1.50 bits per heavy atom. The van der Waals surface area contributed by atoms with E-state index in [4.69, 9.17) is 11.6 Å². The van der Waals surface area contributed by atoms with Crippen molar-refractivity contribution in [3.63, 3.8) is 0 Å². The predicted octanol–water partition coefficient (Wildman–Crippen LogP) is 3.56. The fraction of sp³-hybridized carbons (Fsp3) is 0.250. The van der Waals surface area contributed by atoms with Crippen molar-refractivity contribution in [2.45, 2.75) is 20.3 Å². The van der Waals surface area contributed by atoms with Crippen LogP contribution in [0.2, 0.25) is 0 Å². The Hall–Kier alpha value is -1.46. The van der Waals surface area contributed by atoms with Crippen LogP contribution in [0.1, 0.15) is 18.7 Å². The summed E-state index contributed by atoms with van der Waals surface area (Å²) < 4.78 is 0. The molecule has 0 amide bonds. The first kappa shape index (κ1) is 13.0. The Labute approximate surface area is 114 Å². The van der Waals surface area contributed by atoms with Crippen LogP contribution in [0.4, 0.5) is 0 Å². The second kappa shape index (κ2) is 5.93. The van der Waals surface area contributed by atoms with Gasteiger partial charge < -0.3 is 0 Å². The molecule has 0 unspecified atom stereocenters. The van der Waals surface area contributed by atoms with Gasteiger partial charge in [-0.2, -0.15) is 0 Å². The van der Waals surface area contributed by atoms with E-state index in [2.05, 4.69) is 26.7 Å². The number of hydrogen-bond donors (Lipinski definition) is 1. The van der Waals surface area contributed by atoms with Gasteiger partial charge in [0.05, 0.1) is 4.88 Å². The molecule has 0 aliphatic rings. The SMILES string of the molecule is C/C=C\C(Cc1ccc(-c2nnn[nH]2)s1)=C(/C)Cl. The minimum atomic E-state index is 0.699. The minimum absolute atomic E-state index is 0.699. The molecule has 4 nitrogen and oxygen atoms in total. The van der Waals surface area contributed by atoms with E-state index in [1.807, 2.05) is 32.1 Å². The molecular weight excluding hydrogens is 268 g/mol. The van der Waals surface area contributed by atoms with Crippen LogP contribution >= 0.6 is 22.9 Å². The Morgan fingerprint density at radius 3 is 2.94 bits per heavy atom. The molecule has 0 spiro atoms. The zero-order valence-electron chi connectivity index (χ0n) is 10.1. The molecule has 0 saturated heterocycles. The van der Waals surface area contributed by atoms with Crippen molar-refractivity contribution in [1.29, 1.82) is 0 Å². The molecule has 0 fully saturated rings. The number of rotatable bonds is 4. The third kappa shape index (κ3) is 3.05. The Morgan fingerprint density at radius 2 is 2.33 bits per heavy atom. The van der Waals surface area contributed by atoms with Gasteiger partial charge in [0.2, 0.25) is 0 Å². The van der Waals surface area contributed by atoms with Crippen LogP contribution in [0.5, 0.6) is 0 Å². The maximum absolute atomic E-state index is 6.07. The smallest absolute Gasteiger partial charge is 0.189 e. The highest BCUT2D eigenvalue weighted by Crippen LogP contribution is 2.27. The van der Waals surface area contributed by atoms with E-state index in [0.717, 1.165) is 21.9 Å². The molecule has 0 aliphatic heterocycles. The highest BCUT2D eigenvalue weighted by molar-refractivity contribution is 7.15. The van der Waals surface area contributed by atoms with E-state index in [1.54, 1.807) is 11.3 Å². The summed E-state index contributed by atoms with van der Waals surface area (Å²) in [5.41, 5.74) is 1.13. The molecule has 0 saturated carbocycles. The third-order valence-electron chi connectivity index (χ3n) is 2.42. The van der Waals surface area contributed by atoms with Crippen LogP contribution in [0.25, 0.3) is 10.7 Å². The largest absolute Gasteiger partial charge is 0.238 e. The standard InChI is InChI=1S/C12H13ClN4S/c1-3-4-9(8(2)13)7-10-5-6-11(18-10)12-14-16-17-15-12/h3-6H,7H2,1-2H3,(H,14,15,16,17)/b4-3-,9-8-. The van der Waals surface area contributed by atoms with Gasteiger partial charge in [-0.1, -0.05) is 23.8 Å². The normalized spacial score (nSPS) is 13.1. The van der Waals surface area contributed by atoms with Gasteiger partial charge in [-0.15, -0.1) is 16.4 Å². The summed E-state index contributed by atoms with van der Waals surface area (Å²) in [5, 5.41) is 14.6. The van der Waals surface area contributed by atoms with Gasteiger partial charge in [0, 0.05) is 16.3 Å². The topological polar surface area (TPSA) is 54.5 Å². The molecule has 0 radical (unpaired) electrons. The van der Waals surface area contributed by atoms with E-state index in [-0.39, 0.29) is 0 Å². The maximum atomic E-state index is 6.07. The molecule has 94 valence electrons. The Kier molecular flexibility index (Phi) is 4.28. The molecule has 0 atom stereocenters. The Balaban J connectivity index is 2.19. The maximum Gasteiger partial charge on any atom is 0.189 e. The highest BCUT2D eigenvalue weighted by atomic mass is 35.5. The number of hydrogen-bond acceptors (Lipinski definition) is 4. The van der Waals surface area contributed by atoms with Gasteiger partial charge in [0.1, 0.15) is 0 Å². The molecular formula is C12H13ClN4S. The monoisotopic (exact) mass is 280 g/mol. The number of thiophene rings is 1. The van der Waals surface area contributed by atoms with E-state index >= 15 is 0 Å². The minimum Gasteiger partial charge on any atom is -0.238 e. The summed E-state index contributed by atoms with van der Waals surface area (Å²) in [7, 11) is 0. The number of aromatic amines is 1. The van der Waals surface area contributed by atoms with Crippen molar-refractivity contribution in [3.8, 4) is 10.7 Å². The first-order valence-corrected chi connectivity index (χ1v) is 6.71. The van der Waals surface area contributed by atoms with Crippen molar-refractivity contribution in [3.05, 3.63) is 39.8 Å². The van der Waals surface area contributed by atoms with E-state index in [0.29, 0.717) is 5.82 Å². The molecule has 0 bridgehead atoms. The van der Waals surface area contributed by atoms with Gasteiger partial charge in [-0.3, -0.25) is 0 Å². The predicted molar refractivity (Wildman–Crippen MR) is 74.6 cm³/mol. The number of tetrazole rings is 1. The van der Waals surface area contributed by atoms with Gasteiger partial charge in [0.15, 0.2) is 5.82 Å². The molecule has 1 N–H and O–H groups in total. The van der Waals surface area contributed by atoms with E-state index in [9.17, 15) is 0 Å². The van der Waals surface area contributed by atoms with Gasteiger partial charge in [0.25, 0.3) is 0 Å². The second-order valence-electron chi connectivity index (χ2n) is 3.75. The third-order valence-corrected chi connectivity index (χ3v) is 3.75. The summed E-state index contributed by atoms with van der Waals surface area (Å²) >= 11 is 7.74. The first-order valence-electron chi connectivity index (χ1n) is 5.51. The lowest BCUT2D eigenvalue weighted by Gasteiger charge is -2.01. The number of nitrogens with zero attached hydrogens (tertiary/aromatic N) is 3. The van der Waals surface area contributed by atoms with Crippen LogP contribution in [0, 0.1) is 0 Å². The number of allylic oxidation sites excluding steroid dienone is 4. The van der Waals surface area contributed by atoms with Gasteiger partial charge >= 0.3 is 0 Å². The molecule has 2 aromatic rings. The molecule has 2 heterocycles. The van der Waals surface area contributed by atoms with Crippen molar-refractivity contribution < 1.29 is 0 Å². The van der Waals surface area contributed by atoms with Crippen molar-refractivity contribution in [1.82, 2.24) is 20.6 Å². The first-order chi connectivity index (χ1) is 8.70. The molecule has 6 heteroatoms. The van der Waals surface area contributed by atoms with Crippen molar-refractivity contribution in [2.75, 3.05) is 0 Å². The summed E-state index contributed by atoms with van der Waals surface area (Å²) in [4.78, 5) is 2.26. The molecule has 2 rings (SSSR count). The number of H-pyrrole nitrogens is 1. The van der Waals surface area contributed by atoms with Gasteiger partial charge in [-0.25, -0.2) is 5.10 Å². The van der Waals surface area contributed by atoms with E-state index in [1.165, 1.54) is 4.88 Å². The lowest BCUT2D eigenvalue weighted by Crippen LogP contribution is -1.85. The second-order valence-corrected chi connectivity index (χ2v) is 5.49. The summed E-state index contributed by atoms with van der Waals surface area (Å²) in [5.74, 6) is 0.699. The fourth-order valence-corrected chi connectivity index (χ4v) is 2.64.